The zero-order valence-electron chi connectivity index (χ0n) is 21.2. The van der Waals surface area contributed by atoms with Gasteiger partial charge in [0.05, 0.1) is 6.10 Å². The van der Waals surface area contributed by atoms with Crippen LogP contribution in [0.15, 0.2) is 0 Å². The van der Waals surface area contributed by atoms with Crippen LogP contribution >= 0.6 is 0 Å². The fraction of sp³-hybridized carbons (Fsp3) is 1.00. The van der Waals surface area contributed by atoms with Gasteiger partial charge in [0.15, 0.2) is 0 Å². The van der Waals surface area contributed by atoms with Gasteiger partial charge >= 0.3 is 0 Å². The topological polar surface area (TPSA) is 53.7 Å². The third kappa shape index (κ3) is 16.5. The minimum atomic E-state index is -1.16. The molecule has 4 nitrogen and oxygen atoms in total. The lowest BCUT2D eigenvalue weighted by molar-refractivity contribution is -0.290. The standard InChI is InChI=1S/C26H55NO3/c1-6-8-9-10-11-12-13-14-15-16-17-18-19-20-21-22-23-24(3)30-26(27,28-5)25(4)29-7-2/h24-25H,6-23,27H2,1-5H3. The van der Waals surface area contributed by atoms with E-state index in [4.69, 9.17) is 19.9 Å². The van der Waals surface area contributed by atoms with Crippen molar-refractivity contribution in [1.29, 1.82) is 0 Å². The number of nitrogens with two attached hydrogens (primary N) is 1. The van der Waals surface area contributed by atoms with Crippen LogP contribution in [0.25, 0.3) is 0 Å². The van der Waals surface area contributed by atoms with Crippen molar-refractivity contribution in [3.8, 4) is 0 Å². The van der Waals surface area contributed by atoms with E-state index in [0.29, 0.717) is 6.61 Å². The van der Waals surface area contributed by atoms with Crippen molar-refractivity contribution in [2.24, 2.45) is 5.73 Å². The van der Waals surface area contributed by atoms with E-state index in [0.717, 1.165) is 6.42 Å². The second kappa shape index (κ2) is 20.7. The molecule has 0 saturated carbocycles. The Hall–Kier alpha value is -0.160. The van der Waals surface area contributed by atoms with E-state index in [1.165, 1.54) is 103 Å². The minimum Gasteiger partial charge on any atom is -0.372 e. The van der Waals surface area contributed by atoms with E-state index in [9.17, 15) is 0 Å². The van der Waals surface area contributed by atoms with E-state index in [-0.39, 0.29) is 12.2 Å². The summed E-state index contributed by atoms with van der Waals surface area (Å²) < 4.78 is 16.9. The first kappa shape index (κ1) is 29.8. The first-order valence-corrected chi connectivity index (χ1v) is 13.1. The van der Waals surface area contributed by atoms with Crippen LogP contribution < -0.4 is 5.73 Å². The van der Waals surface area contributed by atoms with Gasteiger partial charge in [-0.25, -0.2) is 0 Å². The quantitative estimate of drug-likeness (QED) is 0.133. The summed E-state index contributed by atoms with van der Waals surface area (Å²) in [4.78, 5) is 0. The van der Waals surface area contributed by atoms with Crippen LogP contribution in [-0.4, -0.2) is 31.8 Å². The number of unbranched alkanes of at least 4 members (excludes halogenated alkanes) is 15. The molecule has 0 spiro atoms. The summed E-state index contributed by atoms with van der Waals surface area (Å²) >= 11 is 0. The third-order valence-corrected chi connectivity index (χ3v) is 6.15. The molecule has 0 fully saturated rings. The molecule has 0 bridgehead atoms. The first-order valence-electron chi connectivity index (χ1n) is 13.1. The van der Waals surface area contributed by atoms with Crippen molar-refractivity contribution in [2.75, 3.05) is 13.7 Å². The Balaban J connectivity index is 3.46. The molecule has 3 unspecified atom stereocenters. The van der Waals surface area contributed by atoms with Gasteiger partial charge in [-0.05, 0) is 27.2 Å². The molecule has 4 heteroatoms. The number of hydrogen-bond acceptors (Lipinski definition) is 4. The fourth-order valence-corrected chi connectivity index (χ4v) is 4.03. The van der Waals surface area contributed by atoms with Crippen molar-refractivity contribution in [2.45, 2.75) is 155 Å². The Bertz CT molecular complexity index is 353. The van der Waals surface area contributed by atoms with Gasteiger partial charge in [-0.3, -0.25) is 5.73 Å². The Labute approximate surface area is 189 Å². The molecule has 0 aromatic heterocycles. The largest absolute Gasteiger partial charge is 0.372 e. The lowest BCUT2D eigenvalue weighted by Gasteiger charge is -2.35. The fourth-order valence-electron chi connectivity index (χ4n) is 4.03. The van der Waals surface area contributed by atoms with E-state index >= 15 is 0 Å². The lowest BCUT2D eigenvalue weighted by atomic mass is 10.0. The summed E-state index contributed by atoms with van der Waals surface area (Å²) in [5, 5.41) is 0. The van der Waals surface area contributed by atoms with Crippen molar-refractivity contribution in [1.82, 2.24) is 0 Å². The third-order valence-electron chi connectivity index (χ3n) is 6.15. The molecule has 0 amide bonds. The van der Waals surface area contributed by atoms with Gasteiger partial charge in [-0.2, -0.15) is 0 Å². The predicted molar refractivity (Wildman–Crippen MR) is 130 cm³/mol. The summed E-state index contributed by atoms with van der Waals surface area (Å²) in [6.45, 7) is 8.81. The van der Waals surface area contributed by atoms with Crippen molar-refractivity contribution in [3.63, 3.8) is 0 Å². The van der Waals surface area contributed by atoms with Gasteiger partial charge in [0.2, 0.25) is 0 Å². The molecule has 0 aliphatic heterocycles. The monoisotopic (exact) mass is 429 g/mol. The highest BCUT2D eigenvalue weighted by Crippen LogP contribution is 2.20. The normalized spacial score (nSPS) is 15.8. The van der Waals surface area contributed by atoms with Gasteiger partial charge in [0.1, 0.15) is 6.10 Å². The van der Waals surface area contributed by atoms with Crippen molar-refractivity contribution >= 4 is 0 Å². The molecule has 3 atom stereocenters. The maximum atomic E-state index is 6.22. The molecule has 30 heavy (non-hydrogen) atoms. The van der Waals surface area contributed by atoms with Crippen LogP contribution in [0.1, 0.15) is 137 Å². The van der Waals surface area contributed by atoms with Gasteiger partial charge in [0.25, 0.3) is 5.91 Å². The van der Waals surface area contributed by atoms with Crippen LogP contribution in [-0.2, 0) is 14.2 Å². The van der Waals surface area contributed by atoms with Gasteiger partial charge in [-0.1, -0.05) is 110 Å². The first-order chi connectivity index (χ1) is 14.5. The van der Waals surface area contributed by atoms with E-state index in [1.807, 2.05) is 13.8 Å². The molecule has 0 heterocycles. The van der Waals surface area contributed by atoms with E-state index < -0.39 is 5.91 Å². The molecule has 182 valence electrons. The smallest absolute Gasteiger partial charge is 0.252 e. The van der Waals surface area contributed by atoms with Crippen molar-refractivity contribution in [3.05, 3.63) is 0 Å². The average Bonchev–Trinajstić information content (AvgIpc) is 2.73. The molecule has 0 aromatic rings. The summed E-state index contributed by atoms with van der Waals surface area (Å²) in [6.07, 6.45) is 23.1. The average molecular weight is 430 g/mol. The van der Waals surface area contributed by atoms with Gasteiger partial charge < -0.3 is 14.2 Å². The van der Waals surface area contributed by atoms with Gasteiger partial charge in [-0.15, -0.1) is 0 Å². The van der Waals surface area contributed by atoms with Crippen LogP contribution in [0.3, 0.4) is 0 Å². The molecule has 0 aliphatic carbocycles. The van der Waals surface area contributed by atoms with Crippen LogP contribution in [0.4, 0.5) is 0 Å². The number of rotatable bonds is 23. The number of hydrogen-bond donors (Lipinski definition) is 1. The Morgan fingerprint density at radius 3 is 1.43 bits per heavy atom. The zero-order valence-corrected chi connectivity index (χ0v) is 21.2. The number of methoxy groups -OCH3 is 1. The van der Waals surface area contributed by atoms with E-state index in [1.54, 1.807) is 7.11 Å². The summed E-state index contributed by atoms with van der Waals surface area (Å²) in [5.74, 6) is -1.16. The van der Waals surface area contributed by atoms with Gasteiger partial charge in [0, 0.05) is 13.7 Å². The predicted octanol–water partition coefficient (Wildman–Crippen LogP) is 7.73. The lowest BCUT2D eigenvalue weighted by Crippen LogP contribution is -2.56. The molecule has 0 aromatic carbocycles. The summed E-state index contributed by atoms with van der Waals surface area (Å²) in [7, 11) is 1.58. The molecular formula is C26H55NO3. The Morgan fingerprint density at radius 2 is 1.07 bits per heavy atom. The zero-order chi connectivity index (χ0) is 22.5. The molecular weight excluding hydrogens is 374 g/mol. The van der Waals surface area contributed by atoms with E-state index in [2.05, 4.69) is 13.8 Å². The minimum absolute atomic E-state index is 0.0736. The number of ether oxygens (including phenoxy) is 3. The Morgan fingerprint density at radius 1 is 0.667 bits per heavy atom. The highest BCUT2D eigenvalue weighted by molar-refractivity contribution is 4.72. The van der Waals surface area contributed by atoms with Crippen molar-refractivity contribution < 1.29 is 14.2 Å². The highest BCUT2D eigenvalue weighted by Gasteiger charge is 2.35. The molecule has 0 rings (SSSR count). The summed E-state index contributed by atoms with van der Waals surface area (Å²) in [5.41, 5.74) is 6.22. The molecule has 0 aliphatic rings. The maximum absolute atomic E-state index is 6.22. The second-order valence-corrected chi connectivity index (χ2v) is 9.04. The highest BCUT2D eigenvalue weighted by atomic mass is 16.7. The molecule has 2 N–H and O–H groups in total. The SMILES string of the molecule is CCCCCCCCCCCCCCCCCCC(C)OC(N)(OC)C(C)OCC. The molecule has 0 radical (unpaired) electrons. The molecule has 0 saturated heterocycles. The Kier molecular flexibility index (Phi) is 20.6. The maximum Gasteiger partial charge on any atom is 0.252 e. The summed E-state index contributed by atoms with van der Waals surface area (Å²) in [6, 6.07) is 0. The second-order valence-electron chi connectivity index (χ2n) is 9.04. The van der Waals surface area contributed by atoms with Crippen LogP contribution in [0.5, 0.6) is 0 Å². The van der Waals surface area contributed by atoms with Crippen LogP contribution in [0.2, 0.25) is 0 Å². The van der Waals surface area contributed by atoms with Crippen LogP contribution in [0, 0.1) is 0 Å².